The van der Waals surface area contributed by atoms with Crippen LogP contribution in [0.2, 0.25) is 5.02 Å². The monoisotopic (exact) mass is 328 g/mol. The zero-order chi connectivity index (χ0) is 13.1. The Labute approximate surface area is 116 Å². The number of hydrogen-bond acceptors (Lipinski definition) is 4. The Hall–Kier alpha value is -1.66. The summed E-state index contributed by atoms with van der Waals surface area (Å²) in [5.74, 6) is 0.625. The number of benzene rings is 1. The summed E-state index contributed by atoms with van der Waals surface area (Å²) >= 11 is 8.83. The van der Waals surface area contributed by atoms with Crippen molar-refractivity contribution in [2.24, 2.45) is 0 Å². The van der Waals surface area contributed by atoms with Crippen molar-refractivity contribution in [1.82, 2.24) is 4.98 Å². The molecule has 2 rings (SSSR count). The Balaban J connectivity index is 2.32. The molecule has 0 spiro atoms. The summed E-state index contributed by atoms with van der Waals surface area (Å²) in [6, 6.07) is 7.72. The van der Waals surface area contributed by atoms with Crippen molar-refractivity contribution in [3.05, 3.63) is 56.1 Å². The molecule has 0 saturated carbocycles. The van der Waals surface area contributed by atoms with E-state index in [0.717, 1.165) is 0 Å². The van der Waals surface area contributed by atoms with E-state index in [1.165, 1.54) is 18.3 Å². The van der Waals surface area contributed by atoms with Gasteiger partial charge in [-0.1, -0.05) is 17.7 Å². The molecule has 1 aromatic carbocycles. The highest BCUT2D eigenvalue weighted by atomic mass is 79.9. The number of pyridine rings is 1. The number of nitrogens with zero attached hydrogens (tertiary/aromatic N) is 2. The van der Waals surface area contributed by atoms with E-state index >= 15 is 0 Å². The van der Waals surface area contributed by atoms with Gasteiger partial charge in [0, 0.05) is 18.3 Å². The fraction of sp³-hybridized carbons (Fsp3) is 0. The molecular weight excluding hydrogens is 323 g/mol. The molecule has 0 bridgehead atoms. The molecule has 0 saturated heterocycles. The van der Waals surface area contributed by atoms with Crippen molar-refractivity contribution in [1.29, 1.82) is 0 Å². The first-order chi connectivity index (χ1) is 8.58. The Morgan fingerprint density at radius 3 is 2.72 bits per heavy atom. The number of aromatic nitrogens is 1. The van der Waals surface area contributed by atoms with E-state index in [4.69, 9.17) is 16.3 Å². The molecule has 1 heterocycles. The lowest BCUT2D eigenvalue weighted by Gasteiger charge is -2.06. The van der Waals surface area contributed by atoms with Gasteiger partial charge in [-0.2, -0.15) is 0 Å². The summed E-state index contributed by atoms with van der Waals surface area (Å²) in [5, 5.41) is 11.2. The van der Waals surface area contributed by atoms with Crippen molar-refractivity contribution in [2.45, 2.75) is 0 Å². The molecule has 92 valence electrons. The summed E-state index contributed by atoms with van der Waals surface area (Å²) in [7, 11) is 0. The molecule has 0 aliphatic heterocycles. The minimum Gasteiger partial charge on any atom is -0.438 e. The zero-order valence-electron chi connectivity index (χ0n) is 8.84. The van der Waals surface area contributed by atoms with Crippen LogP contribution in [-0.2, 0) is 0 Å². The maximum absolute atomic E-state index is 10.8. The number of nitro benzene ring substituents is 1. The number of hydrogen-bond donors (Lipinski definition) is 0. The number of halogens is 2. The van der Waals surface area contributed by atoms with Gasteiger partial charge in [0.2, 0.25) is 5.88 Å². The van der Waals surface area contributed by atoms with Crippen LogP contribution in [0.5, 0.6) is 11.6 Å². The van der Waals surface area contributed by atoms with E-state index in [2.05, 4.69) is 20.9 Å². The lowest BCUT2D eigenvalue weighted by molar-refractivity contribution is -0.385. The van der Waals surface area contributed by atoms with Gasteiger partial charge in [-0.05, 0) is 28.1 Å². The lowest BCUT2D eigenvalue weighted by Crippen LogP contribution is -1.93. The number of rotatable bonds is 3. The van der Waals surface area contributed by atoms with Crippen molar-refractivity contribution in [2.75, 3.05) is 0 Å². The van der Waals surface area contributed by atoms with Crippen LogP contribution in [-0.4, -0.2) is 9.91 Å². The quantitative estimate of drug-likeness (QED) is 0.625. The fourth-order valence-electron chi connectivity index (χ4n) is 1.25. The van der Waals surface area contributed by atoms with Gasteiger partial charge >= 0.3 is 0 Å². The summed E-state index contributed by atoms with van der Waals surface area (Å²) in [6.45, 7) is 0. The van der Waals surface area contributed by atoms with Gasteiger partial charge in [-0.25, -0.2) is 4.98 Å². The molecule has 2 aromatic rings. The molecule has 0 aliphatic carbocycles. The highest BCUT2D eigenvalue weighted by Crippen LogP contribution is 2.35. The van der Waals surface area contributed by atoms with Crippen LogP contribution in [0.15, 0.2) is 41.0 Å². The third-order valence-corrected chi connectivity index (χ3v) is 3.07. The molecule has 7 heteroatoms. The van der Waals surface area contributed by atoms with Crippen molar-refractivity contribution < 1.29 is 9.66 Å². The summed E-state index contributed by atoms with van der Waals surface area (Å²) in [6.07, 6.45) is 1.43. The second kappa shape index (κ2) is 5.32. The van der Waals surface area contributed by atoms with Crippen LogP contribution in [0, 0.1) is 10.1 Å². The fourth-order valence-corrected chi connectivity index (χ4v) is 1.86. The summed E-state index contributed by atoms with van der Waals surface area (Å²) in [5.41, 5.74) is -0.0681. The second-order valence-corrected chi connectivity index (χ2v) is 4.49. The molecule has 5 nitrogen and oxygen atoms in total. The Bertz CT molecular complexity index is 589. The predicted octanol–water partition coefficient (Wildman–Crippen LogP) is 4.20. The van der Waals surface area contributed by atoms with Gasteiger partial charge in [0.05, 0.1) is 9.95 Å². The third-order valence-electron chi connectivity index (χ3n) is 2.05. The average Bonchev–Trinajstić information content (AvgIpc) is 2.34. The SMILES string of the molecule is O=[N+]([O-])c1cccc(Oc2ccc(Cl)cn2)c1Br. The van der Waals surface area contributed by atoms with E-state index in [0.29, 0.717) is 16.7 Å². The van der Waals surface area contributed by atoms with Crippen LogP contribution in [0.1, 0.15) is 0 Å². The molecule has 0 radical (unpaired) electrons. The summed E-state index contributed by atoms with van der Waals surface area (Å²) in [4.78, 5) is 14.2. The van der Waals surface area contributed by atoms with Gasteiger partial charge in [-0.15, -0.1) is 0 Å². The van der Waals surface area contributed by atoms with E-state index in [9.17, 15) is 10.1 Å². The van der Waals surface area contributed by atoms with Crippen LogP contribution in [0.4, 0.5) is 5.69 Å². The number of ether oxygens (including phenoxy) is 1. The number of nitro groups is 1. The first-order valence-corrected chi connectivity index (χ1v) is 5.97. The maximum atomic E-state index is 10.8. The molecule has 0 fully saturated rings. The molecule has 0 unspecified atom stereocenters. The Kier molecular flexibility index (Phi) is 3.78. The second-order valence-electron chi connectivity index (χ2n) is 3.26. The Morgan fingerprint density at radius 1 is 1.33 bits per heavy atom. The molecule has 0 amide bonds. The highest BCUT2D eigenvalue weighted by Gasteiger charge is 2.16. The van der Waals surface area contributed by atoms with Crippen LogP contribution < -0.4 is 4.74 Å². The first-order valence-electron chi connectivity index (χ1n) is 4.80. The van der Waals surface area contributed by atoms with Gasteiger partial charge in [0.25, 0.3) is 5.69 Å². The standard InChI is InChI=1S/C11H6BrClN2O3/c12-11-8(15(16)17)2-1-3-9(11)18-10-5-4-7(13)6-14-10/h1-6H. The zero-order valence-corrected chi connectivity index (χ0v) is 11.2. The molecule has 0 atom stereocenters. The van der Waals surface area contributed by atoms with E-state index in [-0.39, 0.29) is 10.2 Å². The smallest absolute Gasteiger partial charge is 0.287 e. The maximum Gasteiger partial charge on any atom is 0.287 e. The molecule has 1 aromatic heterocycles. The first kappa shape index (κ1) is 12.8. The van der Waals surface area contributed by atoms with Crippen molar-refractivity contribution >= 4 is 33.2 Å². The molecule has 18 heavy (non-hydrogen) atoms. The van der Waals surface area contributed by atoms with Crippen molar-refractivity contribution in [3.63, 3.8) is 0 Å². The minimum atomic E-state index is -0.494. The molecule has 0 N–H and O–H groups in total. The van der Waals surface area contributed by atoms with E-state index in [1.54, 1.807) is 18.2 Å². The van der Waals surface area contributed by atoms with Crippen molar-refractivity contribution in [3.8, 4) is 11.6 Å². The van der Waals surface area contributed by atoms with Crippen LogP contribution >= 0.6 is 27.5 Å². The van der Waals surface area contributed by atoms with Gasteiger partial charge in [0.15, 0.2) is 5.75 Å². The highest BCUT2D eigenvalue weighted by molar-refractivity contribution is 9.10. The topological polar surface area (TPSA) is 65.3 Å². The predicted molar refractivity (Wildman–Crippen MR) is 70.1 cm³/mol. The van der Waals surface area contributed by atoms with Crippen LogP contribution in [0.25, 0.3) is 0 Å². The van der Waals surface area contributed by atoms with E-state index < -0.39 is 4.92 Å². The summed E-state index contributed by atoms with van der Waals surface area (Å²) < 4.78 is 5.70. The van der Waals surface area contributed by atoms with Crippen LogP contribution in [0.3, 0.4) is 0 Å². The van der Waals surface area contributed by atoms with Gasteiger partial charge in [0.1, 0.15) is 4.47 Å². The van der Waals surface area contributed by atoms with Gasteiger partial charge in [-0.3, -0.25) is 10.1 Å². The molecule has 0 aliphatic rings. The van der Waals surface area contributed by atoms with Gasteiger partial charge < -0.3 is 4.74 Å². The normalized spacial score (nSPS) is 10.1. The molecular formula is C11H6BrClN2O3. The van der Waals surface area contributed by atoms with E-state index in [1.807, 2.05) is 0 Å². The minimum absolute atomic E-state index is 0.0681. The largest absolute Gasteiger partial charge is 0.438 e. The third kappa shape index (κ3) is 2.77. The average molecular weight is 330 g/mol. The lowest BCUT2D eigenvalue weighted by atomic mass is 10.3. The Morgan fingerprint density at radius 2 is 2.11 bits per heavy atom.